The highest BCUT2D eigenvalue weighted by molar-refractivity contribution is 5.93. The first-order valence-corrected chi connectivity index (χ1v) is 9.35. The molecule has 0 aliphatic carbocycles. The average molecular weight is 414 g/mol. The van der Waals surface area contributed by atoms with E-state index in [0.717, 1.165) is 17.7 Å². The van der Waals surface area contributed by atoms with E-state index >= 15 is 0 Å². The van der Waals surface area contributed by atoms with Crippen molar-refractivity contribution in [2.45, 2.75) is 12.5 Å². The predicted molar refractivity (Wildman–Crippen MR) is 114 cm³/mol. The van der Waals surface area contributed by atoms with E-state index in [2.05, 4.69) is 15.7 Å². The number of carbonyl (C=O) groups is 1. The molecule has 2 atom stereocenters. The Hall–Kier alpha value is -2.90. The maximum atomic E-state index is 12.9. The molecule has 0 unspecified atom stereocenters. The zero-order valence-electron chi connectivity index (χ0n) is 16.1. The number of aryl methyl sites for hydroxylation is 1. The summed E-state index contributed by atoms with van der Waals surface area (Å²) in [6, 6.07) is 13.2. The SMILES string of the molecule is Cl.Cn1cc([C@H]2CNC[C@@H]2C(=O)Nc2cccn(Cc3ccccc3)c2=O)cn1. The number of pyridine rings is 1. The van der Waals surface area contributed by atoms with Gasteiger partial charge in [0.15, 0.2) is 0 Å². The van der Waals surface area contributed by atoms with Gasteiger partial charge in [0.1, 0.15) is 5.69 Å². The normalized spacial score (nSPS) is 18.2. The minimum absolute atomic E-state index is 0. The molecule has 0 saturated carbocycles. The first-order chi connectivity index (χ1) is 13.6. The van der Waals surface area contributed by atoms with Crippen LogP contribution in [-0.4, -0.2) is 33.3 Å². The van der Waals surface area contributed by atoms with E-state index in [0.29, 0.717) is 18.8 Å². The highest BCUT2D eigenvalue weighted by Gasteiger charge is 2.35. The number of halogens is 1. The van der Waals surface area contributed by atoms with E-state index in [-0.39, 0.29) is 35.7 Å². The molecule has 1 aliphatic rings. The molecule has 1 aromatic carbocycles. The lowest BCUT2D eigenvalue weighted by Crippen LogP contribution is -2.32. The van der Waals surface area contributed by atoms with E-state index in [1.54, 1.807) is 33.8 Å². The molecule has 152 valence electrons. The van der Waals surface area contributed by atoms with Gasteiger partial charge in [-0.15, -0.1) is 12.4 Å². The first-order valence-electron chi connectivity index (χ1n) is 9.35. The van der Waals surface area contributed by atoms with Crippen molar-refractivity contribution in [1.82, 2.24) is 19.7 Å². The summed E-state index contributed by atoms with van der Waals surface area (Å²) in [4.78, 5) is 25.7. The van der Waals surface area contributed by atoms with Gasteiger partial charge in [-0.3, -0.25) is 14.3 Å². The van der Waals surface area contributed by atoms with Crippen molar-refractivity contribution in [3.8, 4) is 0 Å². The fraction of sp³-hybridized carbons (Fsp3) is 0.286. The Morgan fingerprint density at radius 2 is 2.00 bits per heavy atom. The average Bonchev–Trinajstić information content (AvgIpc) is 3.34. The number of benzene rings is 1. The van der Waals surface area contributed by atoms with Gasteiger partial charge < -0.3 is 15.2 Å². The van der Waals surface area contributed by atoms with E-state index < -0.39 is 0 Å². The van der Waals surface area contributed by atoms with E-state index in [4.69, 9.17) is 0 Å². The zero-order chi connectivity index (χ0) is 19.5. The van der Waals surface area contributed by atoms with Crippen LogP contribution in [0.15, 0.2) is 65.8 Å². The molecule has 1 amide bonds. The molecule has 0 spiro atoms. The predicted octanol–water partition coefficient (Wildman–Crippen LogP) is 1.99. The highest BCUT2D eigenvalue weighted by Crippen LogP contribution is 2.28. The summed E-state index contributed by atoms with van der Waals surface area (Å²) in [6.07, 6.45) is 5.47. The molecular weight excluding hydrogens is 390 g/mol. The molecule has 4 rings (SSSR count). The van der Waals surface area contributed by atoms with Gasteiger partial charge in [-0.2, -0.15) is 5.10 Å². The minimum atomic E-state index is -0.244. The largest absolute Gasteiger partial charge is 0.321 e. The number of carbonyl (C=O) groups excluding carboxylic acids is 1. The standard InChI is InChI=1S/C21H23N5O2.ClH/c1-25-14-16(10-23-25)17-11-22-12-18(17)20(27)24-19-8-5-9-26(21(19)28)13-15-6-3-2-4-7-15;/h2-10,14,17-18,22H,11-13H2,1H3,(H,24,27);1H/t17-,18+;/m1./s1. The van der Waals surface area contributed by atoms with Crippen LogP contribution in [0.1, 0.15) is 17.0 Å². The first kappa shape index (κ1) is 20.8. The molecule has 2 N–H and O–H groups in total. The lowest BCUT2D eigenvalue weighted by atomic mass is 9.90. The van der Waals surface area contributed by atoms with Crippen LogP contribution in [0.5, 0.6) is 0 Å². The van der Waals surface area contributed by atoms with Crippen molar-refractivity contribution < 1.29 is 4.79 Å². The minimum Gasteiger partial charge on any atom is -0.321 e. The summed E-state index contributed by atoms with van der Waals surface area (Å²) >= 11 is 0. The van der Waals surface area contributed by atoms with E-state index in [9.17, 15) is 9.59 Å². The number of nitrogens with one attached hydrogen (secondary N) is 2. The monoisotopic (exact) mass is 413 g/mol. The molecule has 0 radical (unpaired) electrons. The van der Waals surface area contributed by atoms with Crippen LogP contribution in [-0.2, 0) is 18.4 Å². The van der Waals surface area contributed by atoms with Crippen LogP contribution < -0.4 is 16.2 Å². The van der Waals surface area contributed by atoms with Gasteiger partial charge >= 0.3 is 0 Å². The number of rotatable bonds is 5. The van der Waals surface area contributed by atoms with Crippen LogP contribution in [0.25, 0.3) is 0 Å². The number of anilines is 1. The molecular formula is C21H24ClN5O2. The lowest BCUT2D eigenvalue weighted by Gasteiger charge is -2.17. The molecule has 1 aliphatic heterocycles. The Morgan fingerprint density at radius 3 is 2.72 bits per heavy atom. The number of hydrogen-bond donors (Lipinski definition) is 2. The maximum Gasteiger partial charge on any atom is 0.274 e. The molecule has 1 saturated heterocycles. The third kappa shape index (κ3) is 4.58. The van der Waals surface area contributed by atoms with Crippen molar-refractivity contribution >= 4 is 24.0 Å². The molecule has 7 nitrogen and oxygen atoms in total. The lowest BCUT2D eigenvalue weighted by molar-refractivity contribution is -0.119. The Bertz CT molecular complexity index is 1030. The summed E-state index contributed by atoms with van der Waals surface area (Å²) in [7, 11) is 1.86. The smallest absolute Gasteiger partial charge is 0.274 e. The Balaban J connectivity index is 0.00000240. The van der Waals surface area contributed by atoms with Crippen molar-refractivity contribution in [3.63, 3.8) is 0 Å². The van der Waals surface area contributed by atoms with Crippen molar-refractivity contribution in [2.24, 2.45) is 13.0 Å². The number of hydrogen-bond acceptors (Lipinski definition) is 4. The highest BCUT2D eigenvalue weighted by atomic mass is 35.5. The second kappa shape index (κ2) is 9.07. The molecule has 3 heterocycles. The van der Waals surface area contributed by atoms with Crippen molar-refractivity contribution in [2.75, 3.05) is 18.4 Å². The summed E-state index contributed by atoms with van der Waals surface area (Å²) in [5, 5.41) is 10.3. The topological polar surface area (TPSA) is 81.0 Å². The third-order valence-corrected chi connectivity index (χ3v) is 5.18. The van der Waals surface area contributed by atoms with Gasteiger partial charge in [-0.05, 0) is 23.3 Å². The Labute approximate surface area is 175 Å². The third-order valence-electron chi connectivity index (χ3n) is 5.18. The molecule has 0 bridgehead atoms. The maximum absolute atomic E-state index is 12.9. The van der Waals surface area contributed by atoms with Crippen LogP contribution in [0.2, 0.25) is 0 Å². The fourth-order valence-electron chi connectivity index (χ4n) is 3.70. The molecule has 1 fully saturated rings. The second-order valence-corrected chi connectivity index (χ2v) is 7.15. The van der Waals surface area contributed by atoms with E-state index in [1.165, 1.54) is 0 Å². The quantitative estimate of drug-likeness (QED) is 0.670. The Morgan fingerprint density at radius 1 is 1.21 bits per heavy atom. The number of aromatic nitrogens is 3. The van der Waals surface area contributed by atoms with Gasteiger partial charge in [0.05, 0.1) is 18.7 Å². The van der Waals surface area contributed by atoms with Crippen LogP contribution in [0, 0.1) is 5.92 Å². The molecule has 3 aromatic rings. The van der Waals surface area contributed by atoms with Gasteiger partial charge in [-0.1, -0.05) is 30.3 Å². The fourth-order valence-corrected chi connectivity index (χ4v) is 3.70. The van der Waals surface area contributed by atoms with E-state index in [1.807, 2.05) is 43.6 Å². The summed E-state index contributed by atoms with van der Waals surface area (Å²) in [5.41, 5.74) is 2.16. The summed E-state index contributed by atoms with van der Waals surface area (Å²) in [6.45, 7) is 1.76. The van der Waals surface area contributed by atoms with Crippen LogP contribution in [0.3, 0.4) is 0 Å². The van der Waals surface area contributed by atoms with Crippen molar-refractivity contribution in [1.29, 1.82) is 0 Å². The second-order valence-electron chi connectivity index (χ2n) is 7.15. The van der Waals surface area contributed by atoms with Crippen molar-refractivity contribution in [3.05, 3.63) is 82.5 Å². The van der Waals surface area contributed by atoms with Gasteiger partial charge in [0.25, 0.3) is 5.56 Å². The van der Waals surface area contributed by atoms with Crippen LogP contribution in [0.4, 0.5) is 5.69 Å². The zero-order valence-corrected chi connectivity index (χ0v) is 16.9. The van der Waals surface area contributed by atoms with Crippen LogP contribution >= 0.6 is 12.4 Å². The Kier molecular flexibility index (Phi) is 6.51. The van der Waals surface area contributed by atoms with Gasteiger partial charge in [-0.25, -0.2) is 0 Å². The molecule has 8 heteroatoms. The summed E-state index contributed by atoms with van der Waals surface area (Å²) < 4.78 is 3.35. The molecule has 2 aromatic heterocycles. The number of amides is 1. The van der Waals surface area contributed by atoms with Gasteiger partial charge in [0.2, 0.25) is 5.91 Å². The van der Waals surface area contributed by atoms with Gasteiger partial charge in [0, 0.05) is 38.4 Å². The summed E-state index contributed by atoms with van der Waals surface area (Å²) in [5.74, 6) is -0.344. The molecule has 29 heavy (non-hydrogen) atoms. The number of nitrogens with zero attached hydrogens (tertiary/aromatic N) is 3.